The summed E-state index contributed by atoms with van der Waals surface area (Å²) in [5.74, 6) is -1.02. The fourth-order valence-electron chi connectivity index (χ4n) is 4.70. The summed E-state index contributed by atoms with van der Waals surface area (Å²) in [6.45, 7) is 5.37. The second-order valence-electron chi connectivity index (χ2n) is 8.92. The maximum atomic E-state index is 14.0. The molecule has 200 valence electrons. The number of halogens is 1. The van der Waals surface area contributed by atoms with Crippen molar-refractivity contribution in [3.63, 3.8) is 0 Å². The summed E-state index contributed by atoms with van der Waals surface area (Å²) in [7, 11) is 1.53. The molecule has 0 aliphatic carbocycles. The van der Waals surface area contributed by atoms with Crippen LogP contribution in [-0.4, -0.2) is 35.9 Å². The van der Waals surface area contributed by atoms with Gasteiger partial charge < -0.3 is 9.47 Å². The van der Waals surface area contributed by atoms with Crippen molar-refractivity contribution in [3.8, 4) is 5.75 Å². The van der Waals surface area contributed by atoms with Gasteiger partial charge in [-0.25, -0.2) is 9.79 Å². The summed E-state index contributed by atoms with van der Waals surface area (Å²) < 4.78 is 13.5. The molecule has 2 aliphatic rings. The van der Waals surface area contributed by atoms with Crippen molar-refractivity contribution in [3.05, 3.63) is 89.5 Å². The Balaban J connectivity index is 1.67. The fourth-order valence-corrected chi connectivity index (χ4v) is 6.13. The van der Waals surface area contributed by atoms with Crippen molar-refractivity contribution < 1.29 is 19.1 Å². The number of methoxy groups -OCH3 is 1. The molecule has 2 aliphatic heterocycles. The molecule has 0 saturated carbocycles. The summed E-state index contributed by atoms with van der Waals surface area (Å²) in [5.41, 5.74) is 2.13. The third kappa shape index (κ3) is 4.76. The van der Waals surface area contributed by atoms with Crippen LogP contribution in [-0.2, 0) is 14.3 Å². The summed E-state index contributed by atoms with van der Waals surface area (Å²) in [4.78, 5) is 45.4. The lowest BCUT2D eigenvalue weighted by Crippen LogP contribution is -2.40. The number of amides is 1. The molecule has 2 aromatic carbocycles. The van der Waals surface area contributed by atoms with Gasteiger partial charge in [-0.2, -0.15) is 10.1 Å². The zero-order valence-electron chi connectivity index (χ0n) is 21.7. The van der Waals surface area contributed by atoms with E-state index in [1.165, 1.54) is 16.7 Å². The quantitative estimate of drug-likeness (QED) is 0.398. The second-order valence-corrected chi connectivity index (χ2v) is 10.8. The zero-order chi connectivity index (χ0) is 27.8. The predicted octanol–water partition coefficient (Wildman–Crippen LogP) is 3.56. The Hall–Kier alpha value is -3.83. The SMILES string of the molecule is CCOC(=O)C1=C(C)N=c2s/c(=C\[C@@H]3C(=O)N(c4ccccc4)N=C3C)c(=O)n2[C@H]1c1cc(Br)ccc1OC. The highest BCUT2D eigenvalue weighted by Crippen LogP contribution is 2.37. The molecule has 0 N–H and O–H groups in total. The molecule has 5 rings (SSSR count). The summed E-state index contributed by atoms with van der Waals surface area (Å²) >= 11 is 4.66. The number of hydrogen-bond donors (Lipinski definition) is 0. The van der Waals surface area contributed by atoms with E-state index in [0.717, 1.165) is 15.8 Å². The molecule has 1 amide bonds. The van der Waals surface area contributed by atoms with Crippen molar-refractivity contribution in [1.82, 2.24) is 4.57 Å². The number of nitrogens with zero attached hydrogens (tertiary/aromatic N) is 4. The number of hydrogen-bond acceptors (Lipinski definition) is 8. The molecule has 0 fully saturated rings. The highest BCUT2D eigenvalue weighted by atomic mass is 79.9. The smallest absolute Gasteiger partial charge is 0.338 e. The first-order chi connectivity index (χ1) is 18.7. The third-order valence-corrected chi connectivity index (χ3v) is 8.00. The first-order valence-corrected chi connectivity index (χ1v) is 13.8. The normalized spacial score (nSPS) is 19.1. The average molecular weight is 610 g/mol. The highest BCUT2D eigenvalue weighted by molar-refractivity contribution is 9.10. The van der Waals surface area contributed by atoms with Crippen LogP contribution in [0.25, 0.3) is 6.08 Å². The molecule has 0 radical (unpaired) electrons. The molecule has 2 atom stereocenters. The van der Waals surface area contributed by atoms with Gasteiger partial charge in [0.1, 0.15) is 17.7 Å². The number of rotatable bonds is 6. The first kappa shape index (κ1) is 26.8. The number of para-hydroxylation sites is 1. The lowest BCUT2D eigenvalue weighted by atomic mass is 9.95. The molecule has 39 heavy (non-hydrogen) atoms. The molecule has 0 spiro atoms. The van der Waals surface area contributed by atoms with Crippen LogP contribution in [0.5, 0.6) is 5.75 Å². The van der Waals surface area contributed by atoms with E-state index >= 15 is 0 Å². The molecule has 3 aromatic rings. The third-order valence-electron chi connectivity index (χ3n) is 6.50. The Morgan fingerprint density at radius 1 is 1.15 bits per heavy atom. The Labute approximate surface area is 236 Å². The van der Waals surface area contributed by atoms with Gasteiger partial charge in [0.15, 0.2) is 4.80 Å². The van der Waals surface area contributed by atoms with Gasteiger partial charge in [0.25, 0.3) is 11.5 Å². The van der Waals surface area contributed by atoms with Gasteiger partial charge >= 0.3 is 5.97 Å². The van der Waals surface area contributed by atoms with Crippen LogP contribution in [0.1, 0.15) is 32.4 Å². The summed E-state index contributed by atoms with van der Waals surface area (Å²) in [6, 6.07) is 13.7. The van der Waals surface area contributed by atoms with Gasteiger partial charge in [-0.1, -0.05) is 45.5 Å². The van der Waals surface area contributed by atoms with Crippen molar-refractivity contribution in [2.45, 2.75) is 26.8 Å². The number of anilines is 1. The number of ether oxygens (including phenoxy) is 2. The molecule has 3 heterocycles. The Morgan fingerprint density at radius 2 is 1.90 bits per heavy atom. The monoisotopic (exact) mass is 608 g/mol. The van der Waals surface area contributed by atoms with Crippen molar-refractivity contribution in [1.29, 1.82) is 0 Å². The topological polar surface area (TPSA) is 103 Å². The van der Waals surface area contributed by atoms with E-state index in [1.807, 2.05) is 30.3 Å². The maximum absolute atomic E-state index is 14.0. The van der Waals surface area contributed by atoms with Gasteiger partial charge in [-0.3, -0.25) is 14.2 Å². The van der Waals surface area contributed by atoms with Crippen LogP contribution in [0.2, 0.25) is 0 Å². The molecule has 9 nitrogen and oxygen atoms in total. The van der Waals surface area contributed by atoms with Crippen LogP contribution in [0.3, 0.4) is 0 Å². The molecule has 11 heteroatoms. The lowest BCUT2D eigenvalue weighted by molar-refractivity contribution is -0.139. The maximum Gasteiger partial charge on any atom is 0.338 e. The van der Waals surface area contributed by atoms with E-state index in [1.54, 1.807) is 45.0 Å². The number of fused-ring (bicyclic) bond motifs is 1. The largest absolute Gasteiger partial charge is 0.496 e. The van der Waals surface area contributed by atoms with Crippen LogP contribution in [0.15, 0.2) is 79.2 Å². The predicted molar refractivity (Wildman–Crippen MR) is 153 cm³/mol. The zero-order valence-corrected chi connectivity index (χ0v) is 24.1. The molecular formula is C28H25BrN4O5S. The van der Waals surface area contributed by atoms with Crippen molar-refractivity contribution in [2.75, 3.05) is 18.7 Å². The Morgan fingerprint density at radius 3 is 2.59 bits per heavy atom. The molecular weight excluding hydrogens is 584 g/mol. The molecule has 0 saturated heterocycles. The first-order valence-electron chi connectivity index (χ1n) is 12.2. The minimum atomic E-state index is -0.843. The lowest BCUT2D eigenvalue weighted by Gasteiger charge is -2.26. The van der Waals surface area contributed by atoms with Crippen molar-refractivity contribution >= 4 is 56.6 Å². The van der Waals surface area contributed by atoms with E-state index in [-0.39, 0.29) is 23.6 Å². The van der Waals surface area contributed by atoms with Gasteiger partial charge in [0.2, 0.25) is 0 Å². The number of esters is 1. The van der Waals surface area contributed by atoms with Crippen LogP contribution >= 0.6 is 27.3 Å². The van der Waals surface area contributed by atoms with Crippen LogP contribution in [0, 0.1) is 5.92 Å². The molecule has 0 bridgehead atoms. The fraction of sp³-hybridized carbons (Fsp3) is 0.250. The van der Waals surface area contributed by atoms with Gasteiger partial charge in [0.05, 0.1) is 40.9 Å². The minimum Gasteiger partial charge on any atom is -0.496 e. The number of carbonyl (C=O) groups excluding carboxylic acids is 2. The second kappa shape index (κ2) is 10.7. The average Bonchev–Trinajstić information content (AvgIpc) is 3.38. The van der Waals surface area contributed by atoms with Crippen LogP contribution < -0.4 is 24.6 Å². The number of hydrazone groups is 1. The van der Waals surface area contributed by atoms with E-state index in [9.17, 15) is 14.4 Å². The standard InChI is InChI=1S/C28H25BrN4O5S/c1-5-38-27(36)23-16(3)30-28-32(24(23)20-13-17(29)11-12-21(20)37-4)26(35)22(39-28)14-19-15(2)31-33(25(19)34)18-9-7-6-8-10-18/h6-14,19,24H,5H2,1-4H3/b22-14-/t19-,24-/m0/s1. The van der Waals surface area contributed by atoms with E-state index in [0.29, 0.717) is 37.7 Å². The number of aromatic nitrogens is 1. The number of benzene rings is 2. The molecule has 0 unspecified atom stereocenters. The number of allylic oxidation sites excluding steroid dienone is 1. The van der Waals surface area contributed by atoms with Gasteiger partial charge in [-0.05, 0) is 57.2 Å². The highest BCUT2D eigenvalue weighted by Gasteiger charge is 2.37. The van der Waals surface area contributed by atoms with Crippen molar-refractivity contribution in [2.24, 2.45) is 16.0 Å². The summed E-state index contributed by atoms with van der Waals surface area (Å²) in [5, 5.41) is 5.79. The van der Waals surface area contributed by atoms with Crippen LogP contribution in [0.4, 0.5) is 5.69 Å². The number of carbonyl (C=O) groups is 2. The Bertz CT molecular complexity index is 1720. The minimum absolute atomic E-state index is 0.169. The van der Waals surface area contributed by atoms with Gasteiger partial charge in [0, 0.05) is 10.0 Å². The van der Waals surface area contributed by atoms with E-state index < -0.39 is 17.9 Å². The Kier molecular flexibility index (Phi) is 7.37. The van der Waals surface area contributed by atoms with Gasteiger partial charge in [-0.15, -0.1) is 0 Å². The summed E-state index contributed by atoms with van der Waals surface area (Å²) in [6.07, 6.45) is 1.63. The molecule has 1 aromatic heterocycles. The number of thiazole rings is 1. The van der Waals surface area contributed by atoms with E-state index in [2.05, 4.69) is 26.0 Å². The van der Waals surface area contributed by atoms with E-state index in [4.69, 9.17) is 9.47 Å².